The van der Waals surface area contributed by atoms with Gasteiger partial charge in [-0.1, -0.05) is 6.92 Å². The van der Waals surface area contributed by atoms with Crippen molar-refractivity contribution in [3.63, 3.8) is 0 Å². The van der Waals surface area contributed by atoms with Crippen LogP contribution in [-0.2, 0) is 16.2 Å². The highest BCUT2D eigenvalue weighted by Crippen LogP contribution is 2.36. The molecule has 2 unspecified atom stereocenters. The SMILES string of the molecule is COCn1c(-c2ccc(F)cn2)nc(F)c1C1CCN(C(=O)OC(C)(C)C)CC1C. The van der Waals surface area contributed by atoms with Crippen LogP contribution in [0, 0.1) is 17.7 Å². The third-order valence-electron chi connectivity index (χ3n) is 5.08. The van der Waals surface area contributed by atoms with E-state index in [2.05, 4.69) is 9.97 Å². The zero-order valence-corrected chi connectivity index (χ0v) is 18.0. The van der Waals surface area contributed by atoms with E-state index in [0.717, 1.165) is 6.20 Å². The smallest absolute Gasteiger partial charge is 0.410 e. The van der Waals surface area contributed by atoms with Crippen molar-refractivity contribution in [1.29, 1.82) is 0 Å². The van der Waals surface area contributed by atoms with Gasteiger partial charge in [-0.15, -0.1) is 0 Å². The predicted octanol–water partition coefficient (Wildman–Crippen LogP) is 4.19. The van der Waals surface area contributed by atoms with E-state index in [-0.39, 0.29) is 30.5 Å². The third-order valence-corrected chi connectivity index (χ3v) is 5.08. The average molecular weight is 422 g/mol. The number of hydrogen-bond donors (Lipinski definition) is 0. The summed E-state index contributed by atoms with van der Waals surface area (Å²) in [7, 11) is 1.51. The van der Waals surface area contributed by atoms with Crippen molar-refractivity contribution in [3.8, 4) is 11.5 Å². The molecule has 2 atom stereocenters. The lowest BCUT2D eigenvalue weighted by Crippen LogP contribution is -2.45. The predicted molar refractivity (Wildman–Crippen MR) is 107 cm³/mol. The molecular weight excluding hydrogens is 394 g/mol. The van der Waals surface area contributed by atoms with Gasteiger partial charge >= 0.3 is 6.09 Å². The zero-order chi connectivity index (χ0) is 22.1. The Labute approximate surface area is 175 Å². The molecule has 7 nitrogen and oxygen atoms in total. The van der Waals surface area contributed by atoms with Crippen LogP contribution in [0.3, 0.4) is 0 Å². The monoisotopic (exact) mass is 422 g/mol. The highest BCUT2D eigenvalue weighted by molar-refractivity contribution is 5.68. The van der Waals surface area contributed by atoms with Gasteiger partial charge in [-0.05, 0) is 45.2 Å². The molecule has 0 aromatic carbocycles. The molecule has 0 spiro atoms. The molecule has 30 heavy (non-hydrogen) atoms. The molecule has 2 aromatic heterocycles. The minimum atomic E-state index is -0.601. The zero-order valence-electron chi connectivity index (χ0n) is 18.0. The van der Waals surface area contributed by atoms with Crippen LogP contribution < -0.4 is 0 Å². The summed E-state index contributed by atoms with van der Waals surface area (Å²) >= 11 is 0. The number of halogens is 2. The number of likely N-dealkylation sites (tertiary alicyclic amines) is 1. The minimum absolute atomic E-state index is 0.0258. The Bertz CT molecular complexity index is 893. The maximum absolute atomic E-state index is 15.0. The van der Waals surface area contributed by atoms with E-state index in [9.17, 15) is 9.18 Å². The number of rotatable bonds is 4. The quantitative estimate of drug-likeness (QED) is 0.739. The number of ether oxygens (including phenoxy) is 2. The van der Waals surface area contributed by atoms with E-state index in [1.165, 1.54) is 19.2 Å². The highest BCUT2D eigenvalue weighted by Gasteiger charge is 2.36. The lowest BCUT2D eigenvalue weighted by molar-refractivity contribution is 0.0148. The summed E-state index contributed by atoms with van der Waals surface area (Å²) < 4.78 is 40.6. The van der Waals surface area contributed by atoms with Gasteiger partial charge in [-0.2, -0.15) is 9.37 Å². The first-order chi connectivity index (χ1) is 14.1. The summed E-state index contributed by atoms with van der Waals surface area (Å²) in [6.07, 6.45) is 1.26. The number of aromatic nitrogens is 3. The lowest BCUT2D eigenvalue weighted by atomic mass is 9.84. The molecule has 0 aliphatic carbocycles. The Morgan fingerprint density at radius 1 is 1.30 bits per heavy atom. The third kappa shape index (κ3) is 4.77. The van der Waals surface area contributed by atoms with Gasteiger partial charge in [0, 0.05) is 26.1 Å². The normalized spacial score (nSPS) is 19.8. The van der Waals surface area contributed by atoms with Gasteiger partial charge in [-0.25, -0.2) is 14.2 Å². The van der Waals surface area contributed by atoms with Crippen LogP contribution in [0.4, 0.5) is 13.6 Å². The van der Waals surface area contributed by atoms with Crippen molar-refractivity contribution in [2.45, 2.75) is 52.4 Å². The van der Waals surface area contributed by atoms with Crippen molar-refractivity contribution in [2.75, 3.05) is 20.2 Å². The number of pyridine rings is 1. The van der Waals surface area contributed by atoms with E-state index in [1.807, 2.05) is 27.7 Å². The van der Waals surface area contributed by atoms with Crippen molar-refractivity contribution < 1.29 is 23.0 Å². The van der Waals surface area contributed by atoms with Crippen molar-refractivity contribution in [3.05, 3.63) is 35.8 Å². The van der Waals surface area contributed by atoms with Gasteiger partial charge in [0.15, 0.2) is 5.82 Å². The summed E-state index contributed by atoms with van der Waals surface area (Å²) in [5.74, 6) is -0.989. The Balaban J connectivity index is 1.87. The van der Waals surface area contributed by atoms with Crippen LogP contribution in [0.5, 0.6) is 0 Å². The molecule has 3 rings (SSSR count). The van der Waals surface area contributed by atoms with E-state index < -0.39 is 17.4 Å². The van der Waals surface area contributed by atoms with Gasteiger partial charge in [0.1, 0.15) is 23.8 Å². The Kier molecular flexibility index (Phi) is 6.40. The number of piperidine rings is 1. The molecule has 0 radical (unpaired) electrons. The molecule has 2 aromatic rings. The van der Waals surface area contributed by atoms with E-state index >= 15 is 4.39 Å². The highest BCUT2D eigenvalue weighted by atomic mass is 19.1. The van der Waals surface area contributed by atoms with E-state index in [4.69, 9.17) is 9.47 Å². The minimum Gasteiger partial charge on any atom is -0.444 e. The number of amides is 1. The summed E-state index contributed by atoms with van der Waals surface area (Å²) in [5.41, 5.74) is 0.198. The first-order valence-corrected chi connectivity index (χ1v) is 9.95. The second-order valence-electron chi connectivity index (χ2n) is 8.62. The number of nitrogens with zero attached hydrogens (tertiary/aromatic N) is 4. The van der Waals surface area contributed by atoms with Crippen LogP contribution in [0.2, 0.25) is 0 Å². The second-order valence-corrected chi connectivity index (χ2v) is 8.62. The Morgan fingerprint density at radius 2 is 2.03 bits per heavy atom. The van der Waals surface area contributed by atoms with Crippen LogP contribution in [0.25, 0.3) is 11.5 Å². The van der Waals surface area contributed by atoms with E-state index in [0.29, 0.717) is 30.9 Å². The summed E-state index contributed by atoms with van der Waals surface area (Å²) in [6, 6.07) is 2.72. The molecule has 0 saturated carbocycles. The molecule has 1 aliphatic heterocycles. The summed E-state index contributed by atoms with van der Waals surface area (Å²) in [6.45, 7) is 8.42. The molecular formula is C21H28F2N4O3. The van der Waals surface area contributed by atoms with Gasteiger partial charge < -0.3 is 14.4 Å². The lowest BCUT2D eigenvalue weighted by Gasteiger charge is -2.37. The molecule has 0 bridgehead atoms. The molecule has 1 amide bonds. The van der Waals surface area contributed by atoms with Crippen LogP contribution in [0.1, 0.15) is 45.7 Å². The topological polar surface area (TPSA) is 69.5 Å². The largest absolute Gasteiger partial charge is 0.444 e. The summed E-state index contributed by atoms with van der Waals surface area (Å²) in [4.78, 5) is 22.2. The molecule has 9 heteroatoms. The van der Waals surface area contributed by atoms with Gasteiger partial charge in [0.25, 0.3) is 0 Å². The van der Waals surface area contributed by atoms with Crippen LogP contribution >= 0.6 is 0 Å². The number of hydrogen-bond acceptors (Lipinski definition) is 5. The average Bonchev–Trinajstić information content (AvgIpc) is 2.97. The first-order valence-electron chi connectivity index (χ1n) is 9.95. The van der Waals surface area contributed by atoms with E-state index in [1.54, 1.807) is 9.47 Å². The number of carbonyl (C=O) groups excluding carboxylic acids is 1. The fourth-order valence-corrected chi connectivity index (χ4v) is 3.80. The van der Waals surface area contributed by atoms with Crippen molar-refractivity contribution in [2.24, 2.45) is 5.92 Å². The van der Waals surface area contributed by atoms with Crippen molar-refractivity contribution in [1.82, 2.24) is 19.4 Å². The summed E-state index contributed by atoms with van der Waals surface area (Å²) in [5, 5.41) is 0. The molecule has 3 heterocycles. The van der Waals surface area contributed by atoms with Crippen molar-refractivity contribution >= 4 is 6.09 Å². The number of imidazole rings is 1. The maximum Gasteiger partial charge on any atom is 0.410 e. The fourth-order valence-electron chi connectivity index (χ4n) is 3.80. The first kappa shape index (κ1) is 22.1. The second kappa shape index (κ2) is 8.67. The molecule has 0 N–H and O–H groups in total. The maximum atomic E-state index is 15.0. The van der Waals surface area contributed by atoms with Crippen LogP contribution in [-0.4, -0.2) is 51.3 Å². The molecule has 1 saturated heterocycles. The number of carbonyl (C=O) groups is 1. The van der Waals surface area contributed by atoms with Gasteiger partial charge in [0.05, 0.1) is 11.9 Å². The number of methoxy groups -OCH3 is 1. The Hall–Kier alpha value is -2.55. The van der Waals surface area contributed by atoms with Gasteiger partial charge in [-0.3, -0.25) is 4.57 Å². The van der Waals surface area contributed by atoms with Gasteiger partial charge in [0.2, 0.25) is 5.95 Å². The van der Waals surface area contributed by atoms with Crippen LogP contribution in [0.15, 0.2) is 18.3 Å². The molecule has 1 fully saturated rings. The standard InChI is InChI=1S/C21H28F2N4O3/c1-13-11-26(20(28)30-21(2,3)4)9-8-15(13)17-18(23)25-19(27(17)12-29-5)16-7-6-14(22)10-24-16/h6-7,10,13,15H,8-9,11-12H2,1-5H3. The Morgan fingerprint density at radius 3 is 2.60 bits per heavy atom. The molecule has 164 valence electrons. The molecule has 1 aliphatic rings. The fraction of sp³-hybridized carbons (Fsp3) is 0.571.